The molecule has 2 heterocycles. The molecule has 1 atom stereocenters. The van der Waals surface area contributed by atoms with E-state index in [0.717, 1.165) is 11.3 Å². The molecule has 0 saturated carbocycles. The molecule has 5 rings (SSSR count). The number of methoxy groups -OCH3 is 1. The van der Waals surface area contributed by atoms with Gasteiger partial charge in [-0.25, -0.2) is 19.0 Å². The standard InChI is InChI=1S/C33H28BrFN2O7S/c1-4-42-26(38)18-44-30-23(34)15-19(16-24(30)41-3)17-25-31(39)37-29(21-11-13-22(35)14-12-21)27(32(40)43-5-2)28(36-33(37)45-25)20-9-7-6-8-10-20/h6-17,29H,4-5,18H2,1-3H3/b25-17-/t29-/m1/s1. The van der Waals surface area contributed by atoms with Crippen LogP contribution in [0.15, 0.2) is 86.6 Å². The second-order valence-electron chi connectivity index (χ2n) is 9.61. The summed E-state index contributed by atoms with van der Waals surface area (Å²) in [4.78, 5) is 44.6. The van der Waals surface area contributed by atoms with Crippen molar-refractivity contribution in [1.82, 2.24) is 4.57 Å². The molecule has 0 bridgehead atoms. The number of fused-ring (bicyclic) bond motifs is 1. The van der Waals surface area contributed by atoms with Crippen molar-refractivity contribution in [2.75, 3.05) is 26.9 Å². The molecule has 9 nitrogen and oxygen atoms in total. The van der Waals surface area contributed by atoms with Crippen LogP contribution in [0.4, 0.5) is 4.39 Å². The summed E-state index contributed by atoms with van der Waals surface area (Å²) in [6.07, 6.45) is 1.67. The Morgan fingerprint density at radius 1 is 1.04 bits per heavy atom. The van der Waals surface area contributed by atoms with Crippen molar-refractivity contribution < 1.29 is 32.9 Å². The number of carbonyl (C=O) groups excluding carboxylic acids is 2. The second kappa shape index (κ2) is 14.0. The number of benzene rings is 3. The van der Waals surface area contributed by atoms with Gasteiger partial charge in [-0.1, -0.05) is 53.8 Å². The monoisotopic (exact) mass is 694 g/mol. The average Bonchev–Trinajstić information content (AvgIpc) is 3.34. The van der Waals surface area contributed by atoms with Crippen molar-refractivity contribution in [3.8, 4) is 11.5 Å². The van der Waals surface area contributed by atoms with Crippen LogP contribution in [0.1, 0.15) is 36.6 Å². The van der Waals surface area contributed by atoms with Gasteiger partial charge in [-0.05, 0) is 71.2 Å². The van der Waals surface area contributed by atoms with E-state index in [-0.39, 0.29) is 25.4 Å². The molecule has 232 valence electrons. The molecule has 1 aliphatic rings. The maximum absolute atomic E-state index is 14.1. The van der Waals surface area contributed by atoms with Crippen molar-refractivity contribution in [1.29, 1.82) is 0 Å². The quantitative estimate of drug-likeness (QED) is 0.220. The molecular weight excluding hydrogens is 667 g/mol. The van der Waals surface area contributed by atoms with E-state index in [1.165, 1.54) is 23.8 Å². The molecule has 4 aromatic rings. The van der Waals surface area contributed by atoms with Gasteiger partial charge in [0.1, 0.15) is 5.82 Å². The summed E-state index contributed by atoms with van der Waals surface area (Å²) in [5.41, 5.74) is 1.91. The van der Waals surface area contributed by atoms with Crippen LogP contribution in [-0.4, -0.2) is 43.4 Å². The Bertz CT molecular complexity index is 1950. The third-order valence-electron chi connectivity index (χ3n) is 6.75. The number of carbonyl (C=O) groups is 2. The van der Waals surface area contributed by atoms with Crippen LogP contribution in [0.3, 0.4) is 0 Å². The molecule has 12 heteroatoms. The summed E-state index contributed by atoms with van der Waals surface area (Å²) in [5, 5.41) is 0. The molecule has 1 aromatic heterocycles. The van der Waals surface area contributed by atoms with Crippen LogP contribution in [0.25, 0.3) is 11.8 Å². The highest BCUT2D eigenvalue weighted by molar-refractivity contribution is 9.10. The highest BCUT2D eigenvalue weighted by Gasteiger charge is 2.35. The number of rotatable bonds is 10. The molecule has 0 amide bonds. The molecule has 1 aliphatic heterocycles. The molecule has 0 aliphatic carbocycles. The number of thiazole rings is 1. The second-order valence-corrected chi connectivity index (χ2v) is 11.5. The van der Waals surface area contributed by atoms with Crippen LogP contribution in [0, 0.1) is 5.82 Å². The van der Waals surface area contributed by atoms with E-state index >= 15 is 0 Å². The average molecular weight is 696 g/mol. The van der Waals surface area contributed by atoms with E-state index in [2.05, 4.69) is 15.9 Å². The van der Waals surface area contributed by atoms with E-state index in [1.807, 2.05) is 30.3 Å². The molecule has 0 saturated heterocycles. The molecule has 3 aromatic carbocycles. The number of nitrogens with zero attached hydrogens (tertiary/aromatic N) is 2. The van der Waals surface area contributed by atoms with Crippen LogP contribution in [0.5, 0.6) is 11.5 Å². The number of ether oxygens (including phenoxy) is 4. The first-order valence-corrected chi connectivity index (χ1v) is 15.6. The smallest absolute Gasteiger partial charge is 0.344 e. The maximum Gasteiger partial charge on any atom is 0.344 e. The van der Waals surface area contributed by atoms with Crippen molar-refractivity contribution >= 4 is 51.0 Å². The number of halogens is 2. The first-order valence-electron chi connectivity index (χ1n) is 14.0. The third kappa shape index (κ3) is 6.76. The molecule has 0 radical (unpaired) electrons. The fourth-order valence-electron chi connectivity index (χ4n) is 4.85. The van der Waals surface area contributed by atoms with Crippen LogP contribution in [0.2, 0.25) is 0 Å². The Balaban J connectivity index is 1.69. The largest absolute Gasteiger partial charge is 0.493 e. The summed E-state index contributed by atoms with van der Waals surface area (Å²) in [7, 11) is 1.46. The predicted octanol–water partition coefficient (Wildman–Crippen LogP) is 4.79. The lowest BCUT2D eigenvalue weighted by atomic mass is 9.93. The fraction of sp³-hybridized carbons (Fsp3) is 0.212. The van der Waals surface area contributed by atoms with Gasteiger partial charge in [-0.3, -0.25) is 9.36 Å². The third-order valence-corrected chi connectivity index (χ3v) is 8.32. The Kier molecular flexibility index (Phi) is 9.94. The topological polar surface area (TPSA) is 105 Å². The van der Waals surface area contributed by atoms with Crippen molar-refractivity contribution in [3.05, 3.63) is 119 Å². The Labute approximate surface area is 270 Å². The summed E-state index contributed by atoms with van der Waals surface area (Å²) in [6.45, 7) is 3.43. The Morgan fingerprint density at radius 2 is 1.76 bits per heavy atom. The first-order chi connectivity index (χ1) is 21.7. The predicted molar refractivity (Wildman–Crippen MR) is 170 cm³/mol. The van der Waals surface area contributed by atoms with Gasteiger partial charge >= 0.3 is 11.9 Å². The van der Waals surface area contributed by atoms with Gasteiger partial charge in [0.15, 0.2) is 22.9 Å². The molecule has 0 unspecified atom stereocenters. The fourth-order valence-corrected chi connectivity index (χ4v) is 6.42. The van der Waals surface area contributed by atoms with Gasteiger partial charge in [0.25, 0.3) is 5.56 Å². The van der Waals surface area contributed by atoms with Crippen molar-refractivity contribution in [2.24, 2.45) is 4.99 Å². The molecule has 0 spiro atoms. The summed E-state index contributed by atoms with van der Waals surface area (Å²) in [5.74, 6) is -0.981. The Morgan fingerprint density at radius 3 is 2.42 bits per heavy atom. The lowest BCUT2D eigenvalue weighted by Crippen LogP contribution is -2.40. The minimum atomic E-state index is -0.932. The summed E-state index contributed by atoms with van der Waals surface area (Å²) < 4.78 is 37.8. The lowest BCUT2D eigenvalue weighted by Gasteiger charge is -2.25. The molecule has 45 heavy (non-hydrogen) atoms. The first kappa shape index (κ1) is 31.9. The van der Waals surface area contributed by atoms with Gasteiger partial charge in [0.2, 0.25) is 0 Å². The Hall–Kier alpha value is -4.55. The maximum atomic E-state index is 14.1. The number of esters is 2. The van der Waals surface area contributed by atoms with E-state index in [1.54, 1.807) is 44.2 Å². The van der Waals surface area contributed by atoms with E-state index in [4.69, 9.17) is 23.9 Å². The van der Waals surface area contributed by atoms with Crippen molar-refractivity contribution in [2.45, 2.75) is 19.9 Å². The number of hydrogen-bond donors (Lipinski definition) is 0. The van der Waals surface area contributed by atoms with Gasteiger partial charge < -0.3 is 18.9 Å². The van der Waals surface area contributed by atoms with Gasteiger partial charge in [-0.2, -0.15) is 0 Å². The summed E-state index contributed by atoms with van der Waals surface area (Å²) in [6, 6.07) is 17.3. The zero-order valence-electron chi connectivity index (χ0n) is 24.5. The van der Waals surface area contributed by atoms with Crippen LogP contribution in [-0.2, 0) is 19.1 Å². The minimum Gasteiger partial charge on any atom is -0.493 e. The molecular formula is C33H28BrFN2O7S. The molecule has 0 N–H and O–H groups in total. The van der Waals surface area contributed by atoms with E-state index in [0.29, 0.717) is 47.7 Å². The minimum absolute atomic E-state index is 0.112. The normalized spacial score (nSPS) is 14.4. The zero-order chi connectivity index (χ0) is 32.1. The lowest BCUT2D eigenvalue weighted by molar-refractivity contribution is -0.145. The highest BCUT2D eigenvalue weighted by Crippen LogP contribution is 2.37. The van der Waals surface area contributed by atoms with E-state index in [9.17, 15) is 18.8 Å². The zero-order valence-corrected chi connectivity index (χ0v) is 26.9. The summed E-state index contributed by atoms with van der Waals surface area (Å²) >= 11 is 4.62. The number of aromatic nitrogens is 1. The molecule has 0 fully saturated rings. The van der Waals surface area contributed by atoms with Gasteiger partial charge in [-0.15, -0.1) is 0 Å². The van der Waals surface area contributed by atoms with Gasteiger partial charge in [0, 0.05) is 5.56 Å². The highest BCUT2D eigenvalue weighted by atomic mass is 79.9. The SMILES string of the molecule is CCOC(=O)COc1c(Br)cc(/C=c2\sc3n(c2=O)[C@H](c2ccc(F)cc2)C(C(=O)OCC)=C(c2ccccc2)N=3)cc1OC. The van der Waals surface area contributed by atoms with E-state index < -0.39 is 29.4 Å². The van der Waals surface area contributed by atoms with Gasteiger partial charge in [0.05, 0.1) is 46.6 Å². The van der Waals surface area contributed by atoms with Crippen LogP contribution < -0.4 is 24.4 Å². The van der Waals surface area contributed by atoms with Crippen molar-refractivity contribution in [3.63, 3.8) is 0 Å². The van der Waals surface area contributed by atoms with Crippen LogP contribution >= 0.6 is 27.3 Å². The number of hydrogen-bond acceptors (Lipinski definition) is 9.